The highest BCUT2D eigenvalue weighted by molar-refractivity contribution is 5.78. The van der Waals surface area contributed by atoms with Crippen molar-refractivity contribution in [3.05, 3.63) is 0 Å². The Bertz CT molecular complexity index is 189. The molecule has 0 aliphatic carbocycles. The summed E-state index contributed by atoms with van der Waals surface area (Å²) in [7, 11) is 1.77. The molecule has 0 aromatic carbocycles. The second-order valence-electron chi connectivity index (χ2n) is 5.72. The van der Waals surface area contributed by atoms with E-state index in [1.54, 1.807) is 7.05 Å². The van der Waals surface area contributed by atoms with Crippen molar-refractivity contribution < 1.29 is 4.79 Å². The Labute approximate surface area is 120 Å². The van der Waals surface area contributed by atoms with E-state index in [0.29, 0.717) is 0 Å². The maximum Gasteiger partial charge on any atom is 0.222 e. The first-order valence-corrected chi connectivity index (χ1v) is 8.47. The molecular weight excluding hydrogens is 234 g/mol. The average Bonchev–Trinajstić information content (AvgIpc) is 2.43. The highest BCUT2D eigenvalue weighted by atomic mass is 16.1. The number of amides is 1. The number of rotatable bonds is 13. The molecular formula is C17H35NO. The molecule has 0 radical (unpaired) electrons. The number of unbranched alkanes of at least 4 members (excludes halogenated alkanes) is 8. The summed E-state index contributed by atoms with van der Waals surface area (Å²) in [4.78, 5) is 11.8. The van der Waals surface area contributed by atoms with E-state index in [-0.39, 0.29) is 11.8 Å². The fourth-order valence-electron chi connectivity index (χ4n) is 2.60. The first-order valence-electron chi connectivity index (χ1n) is 8.47. The van der Waals surface area contributed by atoms with E-state index in [0.717, 1.165) is 12.8 Å². The zero-order valence-electron chi connectivity index (χ0n) is 13.5. The minimum absolute atomic E-state index is 0.256. The maximum absolute atomic E-state index is 11.8. The summed E-state index contributed by atoms with van der Waals surface area (Å²) in [6.07, 6.45) is 15.1. The van der Waals surface area contributed by atoms with Crippen LogP contribution in [-0.2, 0) is 4.79 Å². The lowest BCUT2D eigenvalue weighted by Crippen LogP contribution is -2.27. The molecule has 0 bridgehead atoms. The number of nitrogens with one attached hydrogen (secondary N) is 1. The van der Waals surface area contributed by atoms with Crippen molar-refractivity contribution in [2.75, 3.05) is 7.05 Å². The summed E-state index contributed by atoms with van der Waals surface area (Å²) in [5, 5.41) is 2.83. The predicted octanol–water partition coefficient (Wildman–Crippen LogP) is 5.07. The van der Waals surface area contributed by atoms with Crippen molar-refractivity contribution in [1.29, 1.82) is 0 Å². The van der Waals surface area contributed by atoms with Gasteiger partial charge in [0.25, 0.3) is 0 Å². The van der Waals surface area contributed by atoms with E-state index >= 15 is 0 Å². The van der Waals surface area contributed by atoms with Crippen LogP contribution in [0.5, 0.6) is 0 Å². The number of hydrogen-bond acceptors (Lipinski definition) is 1. The van der Waals surface area contributed by atoms with Crippen LogP contribution in [0, 0.1) is 5.92 Å². The van der Waals surface area contributed by atoms with E-state index in [2.05, 4.69) is 19.2 Å². The van der Waals surface area contributed by atoms with Gasteiger partial charge in [0.1, 0.15) is 0 Å². The van der Waals surface area contributed by atoms with Gasteiger partial charge in [0.15, 0.2) is 0 Å². The molecule has 0 fully saturated rings. The second-order valence-corrected chi connectivity index (χ2v) is 5.72. The molecule has 0 unspecified atom stereocenters. The first kappa shape index (κ1) is 18.5. The van der Waals surface area contributed by atoms with Crippen LogP contribution in [0.4, 0.5) is 0 Å². The fourth-order valence-corrected chi connectivity index (χ4v) is 2.60. The maximum atomic E-state index is 11.8. The molecule has 0 aromatic rings. The monoisotopic (exact) mass is 269 g/mol. The summed E-state index contributed by atoms with van der Waals surface area (Å²) >= 11 is 0. The highest BCUT2D eigenvalue weighted by Crippen LogP contribution is 2.19. The SMILES string of the molecule is CCCCCCCC(CCCCCCC)C(=O)NC. The van der Waals surface area contributed by atoms with Gasteiger partial charge in [0.2, 0.25) is 5.91 Å². The Kier molecular flexibility index (Phi) is 13.5. The summed E-state index contributed by atoms with van der Waals surface area (Å²) in [5.74, 6) is 0.513. The standard InChI is InChI=1S/C17H35NO/c1-4-6-8-10-12-14-16(17(19)18-3)15-13-11-9-7-5-2/h16H,4-15H2,1-3H3,(H,18,19). The van der Waals surface area contributed by atoms with Gasteiger partial charge in [-0.05, 0) is 12.8 Å². The van der Waals surface area contributed by atoms with Crippen LogP contribution in [-0.4, -0.2) is 13.0 Å². The topological polar surface area (TPSA) is 29.1 Å². The van der Waals surface area contributed by atoms with Gasteiger partial charge < -0.3 is 5.32 Å². The van der Waals surface area contributed by atoms with Crippen LogP contribution in [0.2, 0.25) is 0 Å². The van der Waals surface area contributed by atoms with Crippen molar-refractivity contribution >= 4 is 5.91 Å². The van der Waals surface area contributed by atoms with E-state index in [4.69, 9.17) is 0 Å². The largest absolute Gasteiger partial charge is 0.359 e. The van der Waals surface area contributed by atoms with E-state index in [1.165, 1.54) is 64.2 Å². The second kappa shape index (κ2) is 13.9. The third-order valence-electron chi connectivity index (χ3n) is 3.93. The number of carbonyl (C=O) groups excluding carboxylic acids is 1. The summed E-state index contributed by atoms with van der Waals surface area (Å²) in [6, 6.07) is 0. The van der Waals surface area contributed by atoms with Crippen LogP contribution in [0.15, 0.2) is 0 Å². The molecule has 0 rings (SSSR count). The van der Waals surface area contributed by atoms with Gasteiger partial charge >= 0.3 is 0 Å². The van der Waals surface area contributed by atoms with Gasteiger partial charge in [-0.3, -0.25) is 4.79 Å². The Hall–Kier alpha value is -0.530. The van der Waals surface area contributed by atoms with Gasteiger partial charge in [0, 0.05) is 13.0 Å². The molecule has 0 saturated heterocycles. The average molecular weight is 269 g/mol. The Morgan fingerprint density at radius 2 is 1.21 bits per heavy atom. The van der Waals surface area contributed by atoms with Gasteiger partial charge in [0.05, 0.1) is 0 Å². The predicted molar refractivity (Wildman–Crippen MR) is 84.3 cm³/mol. The van der Waals surface area contributed by atoms with Crippen LogP contribution in [0.1, 0.15) is 90.9 Å². The zero-order valence-corrected chi connectivity index (χ0v) is 13.5. The highest BCUT2D eigenvalue weighted by Gasteiger charge is 2.15. The molecule has 0 aliphatic rings. The lowest BCUT2D eigenvalue weighted by molar-refractivity contribution is -0.125. The smallest absolute Gasteiger partial charge is 0.222 e. The molecule has 2 nitrogen and oxygen atoms in total. The van der Waals surface area contributed by atoms with Crippen molar-refractivity contribution in [2.24, 2.45) is 5.92 Å². The van der Waals surface area contributed by atoms with E-state index in [1.807, 2.05) is 0 Å². The minimum Gasteiger partial charge on any atom is -0.359 e. The lowest BCUT2D eigenvalue weighted by atomic mass is 9.93. The fraction of sp³-hybridized carbons (Fsp3) is 0.941. The molecule has 1 N–H and O–H groups in total. The van der Waals surface area contributed by atoms with Crippen molar-refractivity contribution in [1.82, 2.24) is 5.32 Å². The normalized spacial score (nSPS) is 10.9. The van der Waals surface area contributed by atoms with Crippen LogP contribution in [0.3, 0.4) is 0 Å². The number of hydrogen-bond donors (Lipinski definition) is 1. The molecule has 0 spiro atoms. The van der Waals surface area contributed by atoms with Gasteiger partial charge in [-0.25, -0.2) is 0 Å². The van der Waals surface area contributed by atoms with Crippen molar-refractivity contribution in [2.45, 2.75) is 90.9 Å². The summed E-state index contributed by atoms with van der Waals surface area (Å²) < 4.78 is 0. The molecule has 0 heterocycles. The van der Waals surface area contributed by atoms with Crippen molar-refractivity contribution in [3.8, 4) is 0 Å². The Balaban J connectivity index is 3.73. The molecule has 0 saturated carbocycles. The quantitative estimate of drug-likeness (QED) is 0.465. The third-order valence-corrected chi connectivity index (χ3v) is 3.93. The number of carbonyl (C=O) groups is 1. The third kappa shape index (κ3) is 11.0. The van der Waals surface area contributed by atoms with Gasteiger partial charge in [-0.2, -0.15) is 0 Å². The molecule has 0 aliphatic heterocycles. The van der Waals surface area contributed by atoms with Gasteiger partial charge in [-0.1, -0.05) is 78.1 Å². The lowest BCUT2D eigenvalue weighted by Gasteiger charge is -2.15. The van der Waals surface area contributed by atoms with Gasteiger partial charge in [-0.15, -0.1) is 0 Å². The van der Waals surface area contributed by atoms with Crippen LogP contribution in [0.25, 0.3) is 0 Å². The Morgan fingerprint density at radius 1 is 0.789 bits per heavy atom. The van der Waals surface area contributed by atoms with Crippen LogP contribution >= 0.6 is 0 Å². The van der Waals surface area contributed by atoms with E-state index < -0.39 is 0 Å². The zero-order chi connectivity index (χ0) is 14.3. The summed E-state index contributed by atoms with van der Waals surface area (Å²) in [5.41, 5.74) is 0. The summed E-state index contributed by atoms with van der Waals surface area (Å²) in [6.45, 7) is 4.48. The van der Waals surface area contributed by atoms with E-state index in [9.17, 15) is 4.79 Å². The van der Waals surface area contributed by atoms with Crippen molar-refractivity contribution in [3.63, 3.8) is 0 Å². The molecule has 19 heavy (non-hydrogen) atoms. The first-order chi connectivity index (χ1) is 9.26. The molecule has 114 valence electrons. The Morgan fingerprint density at radius 3 is 1.58 bits per heavy atom. The molecule has 1 amide bonds. The van der Waals surface area contributed by atoms with Crippen LogP contribution < -0.4 is 5.32 Å². The molecule has 0 aromatic heterocycles. The molecule has 0 atom stereocenters. The molecule has 2 heteroatoms. The minimum atomic E-state index is 0.256.